The van der Waals surface area contributed by atoms with E-state index in [0.29, 0.717) is 17.8 Å². The molecule has 1 amide bonds. The number of fused-ring (bicyclic) bond motifs is 1. The monoisotopic (exact) mass is 428 g/mol. The number of aromatic nitrogens is 3. The second-order valence-corrected chi connectivity index (χ2v) is 8.69. The molecule has 3 aliphatic rings. The van der Waals surface area contributed by atoms with E-state index in [1.165, 1.54) is 22.8 Å². The van der Waals surface area contributed by atoms with E-state index in [4.69, 9.17) is 16.3 Å². The Labute approximate surface area is 176 Å². The minimum absolute atomic E-state index is 0.00889. The first-order chi connectivity index (χ1) is 14.4. The van der Waals surface area contributed by atoms with Gasteiger partial charge in [-0.3, -0.25) is 9.59 Å². The molecule has 3 aliphatic carbocycles. The molecule has 1 aromatic carbocycles. The van der Waals surface area contributed by atoms with Crippen LogP contribution in [0.1, 0.15) is 36.2 Å². The molecule has 3 fully saturated rings. The Hall–Kier alpha value is -3.00. The molecule has 9 heteroatoms. The number of ketones is 1. The van der Waals surface area contributed by atoms with Crippen molar-refractivity contribution in [3.63, 3.8) is 0 Å². The number of nitrogens with one attached hydrogen (secondary N) is 1. The zero-order valence-electron chi connectivity index (χ0n) is 15.9. The Balaban J connectivity index is 1.13. The summed E-state index contributed by atoms with van der Waals surface area (Å²) in [5.74, 6) is -0.571. The summed E-state index contributed by atoms with van der Waals surface area (Å²) >= 11 is 5.64. The standard InChI is InChI=1S/C21H18ClFN4O3/c22-15-4-3-14(6-16(15)23)30-9-13(28)7-20-10-21(11-20,12-20)26-19(29)17-8-24-18-2-1-5-25-27(17)18/h1-6,8H,7,9-12H2,(H,26,29). The van der Waals surface area contributed by atoms with E-state index < -0.39 is 5.82 Å². The van der Waals surface area contributed by atoms with Crippen LogP contribution in [0.3, 0.4) is 0 Å². The van der Waals surface area contributed by atoms with E-state index in [0.717, 1.165) is 25.3 Å². The second-order valence-electron chi connectivity index (χ2n) is 8.28. The molecule has 7 nitrogen and oxygen atoms in total. The van der Waals surface area contributed by atoms with Crippen molar-refractivity contribution in [2.45, 2.75) is 31.2 Å². The van der Waals surface area contributed by atoms with Crippen LogP contribution in [0, 0.1) is 11.2 Å². The van der Waals surface area contributed by atoms with Crippen molar-refractivity contribution in [2.75, 3.05) is 6.61 Å². The molecule has 0 radical (unpaired) electrons. The van der Waals surface area contributed by atoms with E-state index in [2.05, 4.69) is 15.4 Å². The quantitative estimate of drug-likeness (QED) is 0.624. The molecule has 3 aromatic rings. The van der Waals surface area contributed by atoms with Crippen molar-refractivity contribution in [1.29, 1.82) is 0 Å². The summed E-state index contributed by atoms with van der Waals surface area (Å²) < 4.78 is 20.3. The third-order valence-corrected chi connectivity index (χ3v) is 6.20. The van der Waals surface area contributed by atoms with Gasteiger partial charge in [0.15, 0.2) is 11.4 Å². The number of hydrogen-bond acceptors (Lipinski definition) is 5. The van der Waals surface area contributed by atoms with Crippen LogP contribution < -0.4 is 10.1 Å². The van der Waals surface area contributed by atoms with Crippen LogP contribution in [0.2, 0.25) is 5.02 Å². The summed E-state index contributed by atoms with van der Waals surface area (Å²) in [7, 11) is 0. The van der Waals surface area contributed by atoms with E-state index in [1.54, 1.807) is 18.3 Å². The van der Waals surface area contributed by atoms with Crippen LogP contribution >= 0.6 is 11.6 Å². The van der Waals surface area contributed by atoms with Gasteiger partial charge in [0.1, 0.15) is 23.9 Å². The van der Waals surface area contributed by atoms with E-state index in [1.807, 2.05) is 0 Å². The molecule has 0 saturated heterocycles. The molecule has 0 aliphatic heterocycles. The lowest BCUT2D eigenvalue weighted by atomic mass is 9.38. The third-order valence-electron chi connectivity index (χ3n) is 5.89. The minimum Gasteiger partial charge on any atom is -0.486 e. The summed E-state index contributed by atoms with van der Waals surface area (Å²) in [6.07, 6.45) is 5.79. The van der Waals surface area contributed by atoms with Gasteiger partial charge in [-0.1, -0.05) is 11.6 Å². The maximum atomic E-state index is 13.4. The maximum Gasteiger partial charge on any atom is 0.272 e. The van der Waals surface area contributed by atoms with E-state index in [-0.39, 0.29) is 40.0 Å². The molecule has 2 heterocycles. The highest BCUT2D eigenvalue weighted by atomic mass is 35.5. The summed E-state index contributed by atoms with van der Waals surface area (Å²) in [4.78, 5) is 29.1. The van der Waals surface area contributed by atoms with Crippen LogP contribution in [0.4, 0.5) is 4.39 Å². The number of rotatable bonds is 7. The fraction of sp³-hybridized carbons (Fsp3) is 0.333. The Morgan fingerprint density at radius 3 is 2.83 bits per heavy atom. The van der Waals surface area contributed by atoms with Crippen LogP contribution in [0.25, 0.3) is 5.65 Å². The number of carbonyl (C=O) groups is 2. The fourth-order valence-electron chi connectivity index (χ4n) is 4.81. The molecule has 1 N–H and O–H groups in total. The Morgan fingerprint density at radius 1 is 1.27 bits per heavy atom. The van der Waals surface area contributed by atoms with Gasteiger partial charge in [0.05, 0.1) is 11.2 Å². The van der Waals surface area contributed by atoms with Crippen molar-refractivity contribution in [3.8, 4) is 5.75 Å². The van der Waals surface area contributed by atoms with Crippen LogP contribution in [0.15, 0.2) is 42.7 Å². The van der Waals surface area contributed by atoms with Gasteiger partial charge >= 0.3 is 0 Å². The fourth-order valence-corrected chi connectivity index (χ4v) is 4.92. The Morgan fingerprint density at radius 2 is 2.07 bits per heavy atom. The number of Topliss-reactive ketones (excluding diaryl/α,β-unsaturated/α-hetero) is 1. The van der Waals surface area contributed by atoms with Crippen LogP contribution in [-0.4, -0.2) is 38.4 Å². The highest BCUT2D eigenvalue weighted by molar-refractivity contribution is 6.30. The van der Waals surface area contributed by atoms with Crippen LogP contribution in [-0.2, 0) is 4.79 Å². The summed E-state index contributed by atoms with van der Waals surface area (Å²) in [6.45, 7) is -0.115. The third kappa shape index (κ3) is 3.21. The van der Waals surface area contributed by atoms with Crippen molar-refractivity contribution >= 4 is 28.9 Å². The number of nitrogens with zero attached hydrogens (tertiary/aromatic N) is 3. The molecule has 2 aromatic heterocycles. The largest absolute Gasteiger partial charge is 0.486 e. The van der Waals surface area contributed by atoms with Crippen molar-refractivity contribution in [3.05, 3.63) is 59.3 Å². The van der Waals surface area contributed by atoms with Gasteiger partial charge in [0.25, 0.3) is 5.91 Å². The molecular weight excluding hydrogens is 411 g/mol. The molecule has 0 spiro atoms. The Kier molecular flexibility index (Phi) is 4.28. The smallest absolute Gasteiger partial charge is 0.272 e. The van der Waals surface area contributed by atoms with Gasteiger partial charge in [-0.15, -0.1) is 0 Å². The van der Waals surface area contributed by atoms with Crippen molar-refractivity contribution in [2.24, 2.45) is 5.41 Å². The summed E-state index contributed by atoms with van der Waals surface area (Å²) in [5, 5.41) is 7.25. The lowest BCUT2D eigenvalue weighted by Gasteiger charge is -2.70. The average molecular weight is 429 g/mol. The minimum atomic E-state index is -0.583. The predicted molar refractivity (Wildman–Crippen MR) is 106 cm³/mol. The topological polar surface area (TPSA) is 85.6 Å². The van der Waals surface area contributed by atoms with Gasteiger partial charge in [-0.2, -0.15) is 5.10 Å². The maximum absolute atomic E-state index is 13.4. The zero-order chi connectivity index (χ0) is 20.9. The molecule has 3 saturated carbocycles. The second kappa shape index (κ2) is 6.77. The normalized spacial score (nSPS) is 24.1. The van der Waals surface area contributed by atoms with Crippen molar-refractivity contribution in [1.82, 2.24) is 19.9 Å². The average Bonchev–Trinajstić information content (AvgIpc) is 3.10. The number of carbonyl (C=O) groups excluding carboxylic acids is 2. The molecule has 154 valence electrons. The molecule has 30 heavy (non-hydrogen) atoms. The lowest BCUT2D eigenvalue weighted by molar-refractivity contribution is -0.162. The van der Waals surface area contributed by atoms with E-state index >= 15 is 0 Å². The molecule has 0 atom stereocenters. The SMILES string of the molecule is O=C(COc1ccc(Cl)c(F)c1)CC12CC(NC(=O)c3cnc4cccnn34)(C1)C2. The molecular formula is C21H18ClFN4O3. The molecule has 0 unspecified atom stereocenters. The number of ether oxygens (including phenoxy) is 1. The van der Waals surface area contributed by atoms with Gasteiger partial charge in [-0.05, 0) is 48.9 Å². The van der Waals surface area contributed by atoms with Crippen LogP contribution in [0.5, 0.6) is 5.75 Å². The lowest BCUT2D eigenvalue weighted by Crippen LogP contribution is -2.75. The number of benzene rings is 1. The summed E-state index contributed by atoms with van der Waals surface area (Å²) in [6, 6.07) is 7.63. The number of halogens is 2. The van der Waals surface area contributed by atoms with Crippen molar-refractivity contribution < 1.29 is 18.7 Å². The zero-order valence-corrected chi connectivity index (χ0v) is 16.7. The first-order valence-corrected chi connectivity index (χ1v) is 9.96. The van der Waals surface area contributed by atoms with Gasteiger partial charge < -0.3 is 10.1 Å². The molecule has 2 bridgehead atoms. The number of imidazole rings is 1. The van der Waals surface area contributed by atoms with E-state index in [9.17, 15) is 14.0 Å². The number of amides is 1. The predicted octanol–water partition coefficient (Wildman–Crippen LogP) is 3.21. The first kappa shape index (κ1) is 19.0. The first-order valence-electron chi connectivity index (χ1n) is 9.58. The van der Waals surface area contributed by atoms with Gasteiger partial charge in [-0.25, -0.2) is 13.9 Å². The summed E-state index contributed by atoms with van der Waals surface area (Å²) in [5.41, 5.74) is 0.680. The molecule has 6 rings (SSSR count). The van der Waals surface area contributed by atoms with Gasteiger partial charge in [0.2, 0.25) is 0 Å². The Bertz CT molecular complexity index is 1160. The highest BCUT2D eigenvalue weighted by Crippen LogP contribution is 2.69. The van der Waals surface area contributed by atoms with Gasteiger partial charge in [0, 0.05) is 24.2 Å². The highest BCUT2D eigenvalue weighted by Gasteiger charge is 2.68. The number of hydrogen-bond donors (Lipinski definition) is 1.